The van der Waals surface area contributed by atoms with Gasteiger partial charge in [-0.05, 0) is 31.0 Å². The summed E-state index contributed by atoms with van der Waals surface area (Å²) in [5.74, 6) is 2.30. The van der Waals surface area contributed by atoms with Crippen molar-refractivity contribution in [2.24, 2.45) is 0 Å². The summed E-state index contributed by atoms with van der Waals surface area (Å²) in [6.45, 7) is 3.17. The van der Waals surface area contributed by atoms with Crippen LogP contribution in [-0.2, 0) is 17.8 Å². The highest BCUT2D eigenvalue weighted by atomic mass is 16.5. The number of hydrogen-bond donors (Lipinski definition) is 1. The van der Waals surface area contributed by atoms with E-state index in [1.807, 2.05) is 37.6 Å². The Morgan fingerprint density at radius 2 is 2.00 bits per heavy atom. The first-order valence-corrected chi connectivity index (χ1v) is 9.25. The number of benzene rings is 1. The molecule has 0 amide bonds. The number of ether oxygens (including phenoxy) is 3. The predicted molar refractivity (Wildman–Crippen MR) is 104 cm³/mol. The minimum absolute atomic E-state index is 0.263. The Morgan fingerprint density at radius 1 is 1.19 bits per heavy atom. The molecule has 1 saturated heterocycles. The lowest BCUT2D eigenvalue weighted by Crippen LogP contribution is -2.31. The summed E-state index contributed by atoms with van der Waals surface area (Å²) in [4.78, 5) is 11.0. The van der Waals surface area contributed by atoms with Gasteiger partial charge in [0, 0.05) is 56.8 Å². The molecule has 1 aromatic heterocycles. The zero-order valence-corrected chi connectivity index (χ0v) is 16.3. The first-order chi connectivity index (χ1) is 13.2. The van der Waals surface area contributed by atoms with Crippen molar-refractivity contribution in [3.05, 3.63) is 41.7 Å². The summed E-state index contributed by atoms with van der Waals surface area (Å²) < 4.78 is 16.8. The number of hydrogen-bond acceptors (Lipinski definition) is 7. The summed E-state index contributed by atoms with van der Waals surface area (Å²) in [6, 6.07) is 5.89. The van der Waals surface area contributed by atoms with Crippen LogP contribution in [-0.4, -0.2) is 55.4 Å². The molecule has 1 fully saturated rings. The molecule has 2 aromatic rings. The second-order valence-corrected chi connectivity index (χ2v) is 6.65. The van der Waals surface area contributed by atoms with E-state index in [4.69, 9.17) is 14.2 Å². The molecule has 0 saturated carbocycles. The monoisotopic (exact) mass is 372 g/mol. The highest BCUT2D eigenvalue weighted by Crippen LogP contribution is 2.26. The van der Waals surface area contributed by atoms with Crippen LogP contribution in [0.25, 0.3) is 0 Å². The van der Waals surface area contributed by atoms with Gasteiger partial charge in [-0.15, -0.1) is 0 Å². The van der Waals surface area contributed by atoms with Gasteiger partial charge < -0.3 is 19.5 Å². The lowest BCUT2D eigenvalue weighted by atomic mass is 10.1. The molecule has 7 heteroatoms. The molecule has 0 spiro atoms. The van der Waals surface area contributed by atoms with Crippen molar-refractivity contribution < 1.29 is 14.2 Å². The molecule has 0 aliphatic carbocycles. The Hall–Kier alpha value is -2.38. The first kappa shape index (κ1) is 19.4. The van der Waals surface area contributed by atoms with E-state index in [-0.39, 0.29) is 6.10 Å². The minimum Gasteiger partial charge on any atom is -0.497 e. The van der Waals surface area contributed by atoms with E-state index in [0.717, 1.165) is 61.7 Å². The van der Waals surface area contributed by atoms with Crippen LogP contribution in [0.5, 0.6) is 11.5 Å². The van der Waals surface area contributed by atoms with E-state index in [1.54, 1.807) is 14.2 Å². The number of methoxy groups -OCH3 is 2. The molecule has 1 aliphatic heterocycles. The van der Waals surface area contributed by atoms with Gasteiger partial charge in [0.2, 0.25) is 5.95 Å². The Labute approximate surface area is 160 Å². The smallest absolute Gasteiger partial charge is 0.222 e. The Morgan fingerprint density at radius 3 is 2.63 bits per heavy atom. The van der Waals surface area contributed by atoms with E-state index in [0.29, 0.717) is 5.95 Å². The van der Waals surface area contributed by atoms with Crippen LogP contribution in [0, 0.1) is 0 Å². The SMILES string of the molecule is CNc1ncc(CN(Cc2cc(OC)ccc2OC)C[C@H]2CCCO2)cn1. The fourth-order valence-corrected chi connectivity index (χ4v) is 3.33. The fraction of sp³-hybridized carbons (Fsp3) is 0.500. The summed E-state index contributed by atoms with van der Waals surface area (Å²) in [5, 5.41) is 2.95. The van der Waals surface area contributed by atoms with Crippen molar-refractivity contribution in [1.82, 2.24) is 14.9 Å². The largest absolute Gasteiger partial charge is 0.497 e. The molecule has 1 aromatic carbocycles. The van der Waals surface area contributed by atoms with E-state index in [1.165, 1.54) is 0 Å². The lowest BCUT2D eigenvalue weighted by molar-refractivity contribution is 0.0675. The van der Waals surface area contributed by atoms with Gasteiger partial charge in [-0.1, -0.05) is 0 Å². The summed E-state index contributed by atoms with van der Waals surface area (Å²) in [6.07, 6.45) is 6.22. The molecule has 7 nitrogen and oxygen atoms in total. The van der Waals surface area contributed by atoms with Crippen molar-refractivity contribution in [1.29, 1.82) is 0 Å². The third-order valence-electron chi connectivity index (χ3n) is 4.70. The molecule has 1 N–H and O–H groups in total. The Balaban J connectivity index is 1.78. The van der Waals surface area contributed by atoms with Gasteiger partial charge >= 0.3 is 0 Å². The third-order valence-corrected chi connectivity index (χ3v) is 4.70. The second kappa shape index (κ2) is 9.53. The number of nitrogens with zero attached hydrogens (tertiary/aromatic N) is 3. The van der Waals surface area contributed by atoms with E-state index in [2.05, 4.69) is 20.2 Å². The fourth-order valence-electron chi connectivity index (χ4n) is 3.33. The molecule has 1 atom stereocenters. The average Bonchev–Trinajstić information content (AvgIpc) is 3.21. The predicted octanol–water partition coefficient (Wildman–Crippen LogP) is 2.72. The molecule has 27 heavy (non-hydrogen) atoms. The van der Waals surface area contributed by atoms with Crippen molar-refractivity contribution in [2.45, 2.75) is 32.0 Å². The number of nitrogens with one attached hydrogen (secondary N) is 1. The molecule has 0 radical (unpaired) electrons. The van der Waals surface area contributed by atoms with Crippen molar-refractivity contribution >= 4 is 5.95 Å². The van der Waals surface area contributed by atoms with Crippen molar-refractivity contribution in [3.8, 4) is 11.5 Å². The van der Waals surface area contributed by atoms with Gasteiger partial charge in [-0.25, -0.2) is 9.97 Å². The van der Waals surface area contributed by atoms with Gasteiger partial charge in [0.25, 0.3) is 0 Å². The Kier molecular flexibility index (Phi) is 6.84. The second-order valence-electron chi connectivity index (χ2n) is 6.65. The third kappa shape index (κ3) is 5.30. The van der Waals surface area contributed by atoms with Gasteiger partial charge in [0.05, 0.1) is 20.3 Å². The maximum absolute atomic E-state index is 5.86. The average molecular weight is 372 g/mol. The van der Waals surface area contributed by atoms with Crippen LogP contribution >= 0.6 is 0 Å². The van der Waals surface area contributed by atoms with E-state index >= 15 is 0 Å². The standard InChI is InChI=1S/C20H28N4O3/c1-21-20-22-10-15(11-23-20)12-24(14-18-5-4-8-27-18)13-16-9-17(25-2)6-7-19(16)26-3/h6-7,9-11,18H,4-5,8,12-14H2,1-3H3,(H,21,22,23)/t18-/m1/s1. The van der Waals surface area contributed by atoms with Crippen molar-refractivity contribution in [2.75, 3.05) is 39.7 Å². The van der Waals surface area contributed by atoms with Crippen LogP contribution in [0.3, 0.4) is 0 Å². The highest BCUT2D eigenvalue weighted by Gasteiger charge is 2.21. The van der Waals surface area contributed by atoms with E-state index in [9.17, 15) is 0 Å². The molecule has 146 valence electrons. The lowest BCUT2D eigenvalue weighted by Gasteiger charge is -2.26. The Bertz CT molecular complexity index is 718. The highest BCUT2D eigenvalue weighted by molar-refractivity contribution is 5.40. The molecule has 0 bridgehead atoms. The van der Waals surface area contributed by atoms with Gasteiger partial charge in [-0.2, -0.15) is 0 Å². The van der Waals surface area contributed by atoms with E-state index < -0.39 is 0 Å². The maximum Gasteiger partial charge on any atom is 0.222 e. The number of anilines is 1. The van der Waals surface area contributed by atoms with Crippen LogP contribution in [0.15, 0.2) is 30.6 Å². The molecule has 1 aliphatic rings. The van der Waals surface area contributed by atoms with Crippen LogP contribution in [0.4, 0.5) is 5.95 Å². The molecule has 3 rings (SSSR count). The maximum atomic E-state index is 5.86. The number of rotatable bonds is 9. The van der Waals surface area contributed by atoms with Crippen LogP contribution < -0.4 is 14.8 Å². The van der Waals surface area contributed by atoms with Crippen molar-refractivity contribution in [3.63, 3.8) is 0 Å². The summed E-state index contributed by atoms with van der Waals surface area (Å²) in [5.41, 5.74) is 2.15. The summed E-state index contributed by atoms with van der Waals surface area (Å²) in [7, 11) is 5.18. The minimum atomic E-state index is 0.263. The normalized spacial score (nSPS) is 16.5. The summed E-state index contributed by atoms with van der Waals surface area (Å²) >= 11 is 0. The van der Waals surface area contributed by atoms with Gasteiger partial charge in [0.1, 0.15) is 11.5 Å². The van der Waals surface area contributed by atoms with Gasteiger partial charge in [0.15, 0.2) is 0 Å². The zero-order chi connectivity index (χ0) is 19.1. The zero-order valence-electron chi connectivity index (χ0n) is 16.3. The topological polar surface area (TPSA) is 68.7 Å². The van der Waals surface area contributed by atoms with Gasteiger partial charge in [-0.3, -0.25) is 4.90 Å². The first-order valence-electron chi connectivity index (χ1n) is 9.25. The molecule has 0 unspecified atom stereocenters. The molecular formula is C20H28N4O3. The van der Waals surface area contributed by atoms with Crippen LogP contribution in [0.2, 0.25) is 0 Å². The quantitative estimate of drug-likeness (QED) is 0.726. The molecule has 2 heterocycles. The van der Waals surface area contributed by atoms with Crippen LogP contribution in [0.1, 0.15) is 24.0 Å². The number of aromatic nitrogens is 2. The molecular weight excluding hydrogens is 344 g/mol.